The Kier molecular flexibility index (Phi) is 9.38. The first kappa shape index (κ1) is 27.8. The van der Waals surface area contributed by atoms with Crippen LogP contribution in [0.15, 0.2) is 146 Å². The van der Waals surface area contributed by atoms with Gasteiger partial charge in [0.15, 0.2) is 0 Å². The maximum Gasteiger partial charge on any atom is -0.0771 e. The summed E-state index contributed by atoms with van der Waals surface area (Å²) in [6.45, 7) is 4.31. The Morgan fingerprint density at radius 3 is 1.55 bits per heavy atom. The summed E-state index contributed by atoms with van der Waals surface area (Å²) in [5, 5.41) is 5.39. The molecule has 0 amide bonds. The minimum atomic E-state index is 0.961. The number of benzene rings is 5. The first-order chi connectivity index (χ1) is 19.6. The standard InChI is InChI=1S/C13H9.C13H13.C13H10.Zr/c1-3-7-12-10(5-1)9-11-6-2-4-8-13(11)12;1-10-6-5-7-11(2)13(10)12-8-3-4-9-12;1-3-7-12(8-4-1)11-13-9-5-2-6-10-13;/h1-9H;3,5-8H,4H2,1-2H3;1-10H;/q2*-1;;+2. The van der Waals surface area contributed by atoms with Crippen molar-refractivity contribution in [2.45, 2.75) is 20.3 Å². The minimum absolute atomic E-state index is 0.961. The second kappa shape index (κ2) is 13.5. The summed E-state index contributed by atoms with van der Waals surface area (Å²) in [5.41, 5.74) is 7.96. The second-order valence-electron chi connectivity index (χ2n) is 9.89. The van der Waals surface area contributed by atoms with Gasteiger partial charge in [0.2, 0.25) is 0 Å². The topological polar surface area (TPSA) is 0 Å². The van der Waals surface area contributed by atoms with Crippen LogP contribution in [0.3, 0.4) is 0 Å². The van der Waals surface area contributed by atoms with Gasteiger partial charge < -0.3 is 0 Å². The number of aryl methyl sites for hydroxylation is 2. The molecule has 0 saturated carbocycles. The molecule has 0 bridgehead atoms. The van der Waals surface area contributed by atoms with Crippen molar-refractivity contribution < 1.29 is 24.2 Å². The van der Waals surface area contributed by atoms with Crippen LogP contribution in [0.5, 0.6) is 0 Å². The summed E-state index contributed by atoms with van der Waals surface area (Å²) in [4.78, 5) is 0. The van der Waals surface area contributed by atoms with Crippen molar-refractivity contribution in [1.82, 2.24) is 0 Å². The predicted molar refractivity (Wildman–Crippen MR) is 169 cm³/mol. The molecule has 0 aliphatic heterocycles. The van der Waals surface area contributed by atoms with Gasteiger partial charge in [-0.15, -0.1) is 51.4 Å². The average Bonchev–Trinajstić information content (AvgIpc) is 3.67. The Balaban J connectivity index is 0.000000121. The molecule has 0 radical (unpaired) electrons. The van der Waals surface area contributed by atoms with Crippen LogP contribution in [0.4, 0.5) is 0 Å². The van der Waals surface area contributed by atoms with Crippen LogP contribution in [0.2, 0.25) is 0 Å². The zero-order valence-corrected chi connectivity index (χ0v) is 25.5. The molecule has 6 aromatic carbocycles. The molecule has 7 rings (SSSR count). The monoisotopic (exact) mass is 590 g/mol. The molecule has 1 heteroatoms. The number of fused-ring (bicyclic) bond motifs is 3. The van der Waals surface area contributed by atoms with E-state index in [1.54, 1.807) is 0 Å². The zero-order valence-electron chi connectivity index (χ0n) is 23.1. The molecule has 192 valence electrons. The van der Waals surface area contributed by atoms with E-state index >= 15 is 0 Å². The SMILES string of the molecule is Cc1cccc(C)c1C1=[C-]CC=C1.[Zr+2]=[C](c1ccccc1)c1ccccc1.c1ccc2c(c1)[cH-]c1ccccc12. The molecule has 0 atom stereocenters. The largest absolute Gasteiger partial charge is 0.126 e. The van der Waals surface area contributed by atoms with Crippen molar-refractivity contribution >= 4 is 30.3 Å². The van der Waals surface area contributed by atoms with Crippen molar-refractivity contribution in [3.05, 3.63) is 180 Å². The molecule has 40 heavy (non-hydrogen) atoms. The van der Waals surface area contributed by atoms with E-state index < -0.39 is 0 Å². The minimum Gasteiger partial charge on any atom is -0.126 e. The van der Waals surface area contributed by atoms with Gasteiger partial charge >= 0.3 is 99.2 Å². The summed E-state index contributed by atoms with van der Waals surface area (Å²) in [7, 11) is 0. The fourth-order valence-corrected chi connectivity index (χ4v) is 5.92. The summed E-state index contributed by atoms with van der Waals surface area (Å²) < 4.78 is 1.42. The average molecular weight is 592 g/mol. The van der Waals surface area contributed by atoms with E-state index in [-0.39, 0.29) is 0 Å². The second-order valence-corrected chi connectivity index (χ2v) is 11.1. The third kappa shape index (κ3) is 6.67. The molecule has 0 spiro atoms. The van der Waals surface area contributed by atoms with Crippen LogP contribution < -0.4 is 0 Å². The van der Waals surface area contributed by atoms with Gasteiger partial charge in [-0.05, 0) is 0 Å². The smallest absolute Gasteiger partial charge is 0.0771 e. The predicted octanol–water partition coefficient (Wildman–Crippen LogP) is 9.96. The van der Waals surface area contributed by atoms with Crippen LogP contribution in [-0.4, -0.2) is 3.21 Å². The molecule has 0 unspecified atom stereocenters. The van der Waals surface area contributed by atoms with Crippen LogP contribution in [0.1, 0.15) is 34.2 Å². The summed E-state index contributed by atoms with van der Waals surface area (Å²) in [5.74, 6) is 0. The van der Waals surface area contributed by atoms with Gasteiger partial charge in [-0.3, -0.25) is 0 Å². The first-order valence-electron chi connectivity index (χ1n) is 13.7. The molecule has 0 heterocycles. The molecule has 0 N–H and O–H groups in total. The van der Waals surface area contributed by atoms with Gasteiger partial charge in [-0.25, -0.2) is 0 Å². The van der Waals surface area contributed by atoms with E-state index in [9.17, 15) is 0 Å². The van der Waals surface area contributed by atoms with Crippen LogP contribution in [-0.2, 0) is 24.2 Å². The Morgan fingerprint density at radius 2 is 1.07 bits per heavy atom. The van der Waals surface area contributed by atoms with Gasteiger partial charge in [0.25, 0.3) is 0 Å². The van der Waals surface area contributed by atoms with Gasteiger partial charge in [-0.1, -0.05) is 86.0 Å². The van der Waals surface area contributed by atoms with Gasteiger partial charge in [0.05, 0.1) is 0 Å². The van der Waals surface area contributed by atoms with Crippen molar-refractivity contribution in [3.8, 4) is 0 Å². The quantitative estimate of drug-likeness (QED) is 0.180. The third-order valence-corrected chi connectivity index (χ3v) is 8.51. The maximum absolute atomic E-state index is 3.36. The Morgan fingerprint density at radius 1 is 0.600 bits per heavy atom. The van der Waals surface area contributed by atoms with Crippen molar-refractivity contribution in [1.29, 1.82) is 0 Å². The van der Waals surface area contributed by atoms with Gasteiger partial charge in [0, 0.05) is 0 Å². The van der Waals surface area contributed by atoms with Crippen LogP contribution >= 0.6 is 0 Å². The number of allylic oxidation sites excluding steroid dienone is 4. The molecule has 0 aromatic heterocycles. The number of hydrogen-bond donors (Lipinski definition) is 0. The molecule has 0 saturated heterocycles. The normalized spacial score (nSPS) is 11.8. The fourth-order valence-electron chi connectivity index (χ4n) is 5.10. The number of hydrogen-bond acceptors (Lipinski definition) is 0. The van der Waals surface area contributed by atoms with Gasteiger partial charge in [0.1, 0.15) is 0 Å². The van der Waals surface area contributed by atoms with Crippen molar-refractivity contribution in [2.24, 2.45) is 0 Å². The molecule has 6 aromatic rings. The van der Waals surface area contributed by atoms with Gasteiger partial charge in [-0.2, -0.15) is 17.7 Å². The molecular formula is C39H32Zr. The molecule has 0 nitrogen and oxygen atoms in total. The summed E-state index contributed by atoms with van der Waals surface area (Å²) >= 11 is 1.46. The van der Waals surface area contributed by atoms with Crippen LogP contribution in [0.25, 0.3) is 27.1 Å². The Labute approximate surface area is 253 Å². The maximum atomic E-state index is 3.36. The third-order valence-electron chi connectivity index (χ3n) is 7.09. The van der Waals surface area contributed by atoms with Crippen LogP contribution in [0, 0.1) is 19.9 Å². The molecule has 0 fully saturated rings. The molecule has 1 aliphatic carbocycles. The van der Waals surface area contributed by atoms with E-state index in [0.717, 1.165) is 6.42 Å². The zero-order chi connectivity index (χ0) is 27.7. The van der Waals surface area contributed by atoms with Crippen molar-refractivity contribution in [2.75, 3.05) is 0 Å². The van der Waals surface area contributed by atoms with E-state index in [0.29, 0.717) is 0 Å². The summed E-state index contributed by atoms with van der Waals surface area (Å²) in [6.07, 6.45) is 8.64. The first-order valence-corrected chi connectivity index (χ1v) is 14.9. The number of rotatable bonds is 3. The van der Waals surface area contributed by atoms with E-state index in [1.807, 2.05) is 0 Å². The molecule has 1 aliphatic rings. The Hall–Kier alpha value is -3.80. The molecular weight excluding hydrogens is 560 g/mol. The van der Waals surface area contributed by atoms with E-state index in [1.165, 1.54) is 82.4 Å². The summed E-state index contributed by atoms with van der Waals surface area (Å²) in [6, 6.07) is 46.8. The van der Waals surface area contributed by atoms with E-state index in [4.69, 9.17) is 0 Å². The van der Waals surface area contributed by atoms with E-state index in [2.05, 4.69) is 166 Å². The van der Waals surface area contributed by atoms with Crippen molar-refractivity contribution in [3.63, 3.8) is 0 Å². The fraction of sp³-hybridized carbons (Fsp3) is 0.0769. The Bertz CT molecular complexity index is 1670.